The molecule has 0 saturated heterocycles. The van der Waals surface area contributed by atoms with Crippen LogP contribution in [0.1, 0.15) is 12.0 Å². The standard InChI is InChI=1S/C17H16N2O2/c1-2-4-15(5-3-1)19-9-8-14(18-19)10-13-6-7-16-17(11-13)21-12-20-16/h1-7,11H,8-10,12H2. The summed E-state index contributed by atoms with van der Waals surface area (Å²) in [6.45, 7) is 1.27. The van der Waals surface area contributed by atoms with Gasteiger partial charge in [-0.3, -0.25) is 5.01 Å². The van der Waals surface area contributed by atoms with E-state index in [1.165, 1.54) is 11.3 Å². The average molecular weight is 280 g/mol. The fraction of sp³-hybridized carbons (Fsp3) is 0.235. The molecule has 0 bridgehead atoms. The molecule has 2 heterocycles. The minimum Gasteiger partial charge on any atom is -0.454 e. The lowest BCUT2D eigenvalue weighted by Gasteiger charge is -2.12. The Bertz CT molecular complexity index is 682. The van der Waals surface area contributed by atoms with Crippen LogP contribution in [0.2, 0.25) is 0 Å². The van der Waals surface area contributed by atoms with Crippen LogP contribution in [0.3, 0.4) is 0 Å². The molecule has 106 valence electrons. The molecule has 0 spiro atoms. The maximum absolute atomic E-state index is 5.42. The predicted molar refractivity (Wildman–Crippen MR) is 82.1 cm³/mol. The summed E-state index contributed by atoms with van der Waals surface area (Å²) in [4.78, 5) is 0. The van der Waals surface area contributed by atoms with Gasteiger partial charge in [-0.15, -0.1) is 0 Å². The van der Waals surface area contributed by atoms with Gasteiger partial charge in [0.15, 0.2) is 11.5 Å². The van der Waals surface area contributed by atoms with Crippen molar-refractivity contribution in [2.75, 3.05) is 18.3 Å². The highest BCUT2D eigenvalue weighted by Crippen LogP contribution is 2.33. The third-order valence-corrected chi connectivity index (χ3v) is 3.77. The van der Waals surface area contributed by atoms with E-state index in [-0.39, 0.29) is 0 Å². The van der Waals surface area contributed by atoms with E-state index in [1.807, 2.05) is 24.3 Å². The molecule has 4 rings (SSSR count). The van der Waals surface area contributed by atoms with E-state index < -0.39 is 0 Å². The molecule has 0 fully saturated rings. The first-order valence-corrected chi connectivity index (χ1v) is 7.16. The predicted octanol–water partition coefficient (Wildman–Crippen LogP) is 3.22. The summed E-state index contributed by atoms with van der Waals surface area (Å²) in [6, 6.07) is 16.4. The second kappa shape index (κ2) is 5.13. The van der Waals surface area contributed by atoms with Crippen LogP contribution in [-0.2, 0) is 6.42 Å². The van der Waals surface area contributed by atoms with Crippen molar-refractivity contribution in [3.8, 4) is 11.5 Å². The van der Waals surface area contributed by atoms with E-state index in [1.54, 1.807) is 0 Å². The van der Waals surface area contributed by atoms with Crippen LogP contribution < -0.4 is 14.5 Å². The number of nitrogens with zero attached hydrogens (tertiary/aromatic N) is 2. The summed E-state index contributed by atoms with van der Waals surface area (Å²) in [5, 5.41) is 6.80. The van der Waals surface area contributed by atoms with Crippen molar-refractivity contribution in [3.05, 3.63) is 54.1 Å². The lowest BCUT2D eigenvalue weighted by molar-refractivity contribution is 0.174. The van der Waals surface area contributed by atoms with Gasteiger partial charge in [0.2, 0.25) is 6.79 Å². The second-order valence-corrected chi connectivity index (χ2v) is 5.24. The number of hydrogen-bond acceptors (Lipinski definition) is 4. The molecule has 2 aliphatic heterocycles. The SMILES string of the molecule is c1ccc(N2CCC(Cc3ccc4c(c3)OCO4)=N2)cc1. The first-order chi connectivity index (χ1) is 10.4. The summed E-state index contributed by atoms with van der Waals surface area (Å²) in [5.74, 6) is 1.67. The summed E-state index contributed by atoms with van der Waals surface area (Å²) < 4.78 is 10.8. The number of ether oxygens (including phenoxy) is 2. The van der Waals surface area contributed by atoms with E-state index in [9.17, 15) is 0 Å². The van der Waals surface area contributed by atoms with Gasteiger partial charge in [0, 0.05) is 25.1 Å². The molecule has 4 nitrogen and oxygen atoms in total. The highest BCUT2D eigenvalue weighted by molar-refractivity contribution is 5.89. The van der Waals surface area contributed by atoms with E-state index in [0.717, 1.165) is 36.6 Å². The van der Waals surface area contributed by atoms with Crippen LogP contribution in [0.15, 0.2) is 53.6 Å². The molecular formula is C17H16N2O2. The van der Waals surface area contributed by atoms with Gasteiger partial charge in [-0.25, -0.2) is 0 Å². The van der Waals surface area contributed by atoms with Crippen molar-refractivity contribution < 1.29 is 9.47 Å². The summed E-state index contributed by atoms with van der Waals surface area (Å²) in [7, 11) is 0. The average Bonchev–Trinajstić information content (AvgIpc) is 3.17. The molecule has 21 heavy (non-hydrogen) atoms. The normalized spacial score (nSPS) is 16.2. The molecule has 0 atom stereocenters. The maximum Gasteiger partial charge on any atom is 0.231 e. The molecule has 2 aromatic carbocycles. The Labute approximate surface area is 123 Å². The minimum absolute atomic E-state index is 0.321. The van der Waals surface area contributed by atoms with Gasteiger partial charge in [-0.1, -0.05) is 24.3 Å². The van der Waals surface area contributed by atoms with Crippen LogP contribution in [-0.4, -0.2) is 19.0 Å². The molecule has 0 unspecified atom stereocenters. The second-order valence-electron chi connectivity index (χ2n) is 5.24. The lowest BCUT2D eigenvalue weighted by atomic mass is 10.1. The molecule has 0 N–H and O–H groups in total. The zero-order valence-electron chi connectivity index (χ0n) is 11.7. The molecule has 0 radical (unpaired) electrons. The molecule has 0 aromatic heterocycles. The van der Waals surface area contributed by atoms with Gasteiger partial charge in [-0.2, -0.15) is 5.10 Å². The van der Waals surface area contributed by atoms with Crippen molar-refractivity contribution in [3.63, 3.8) is 0 Å². The summed E-state index contributed by atoms with van der Waals surface area (Å²) in [5.41, 5.74) is 3.57. The van der Waals surface area contributed by atoms with Crippen molar-refractivity contribution in [2.24, 2.45) is 5.10 Å². The number of para-hydroxylation sites is 1. The number of benzene rings is 2. The first kappa shape index (κ1) is 12.3. The van der Waals surface area contributed by atoms with Crippen LogP contribution >= 0.6 is 0 Å². The van der Waals surface area contributed by atoms with E-state index in [2.05, 4.69) is 29.3 Å². The maximum atomic E-state index is 5.42. The van der Waals surface area contributed by atoms with Crippen molar-refractivity contribution in [2.45, 2.75) is 12.8 Å². The minimum atomic E-state index is 0.321. The lowest BCUT2D eigenvalue weighted by Crippen LogP contribution is -2.11. The highest BCUT2D eigenvalue weighted by atomic mass is 16.7. The highest BCUT2D eigenvalue weighted by Gasteiger charge is 2.18. The van der Waals surface area contributed by atoms with Gasteiger partial charge >= 0.3 is 0 Å². The third-order valence-electron chi connectivity index (χ3n) is 3.77. The van der Waals surface area contributed by atoms with Crippen LogP contribution in [0.5, 0.6) is 11.5 Å². The van der Waals surface area contributed by atoms with E-state index in [0.29, 0.717) is 6.79 Å². The molecule has 2 aliphatic rings. The van der Waals surface area contributed by atoms with E-state index in [4.69, 9.17) is 14.6 Å². The third kappa shape index (κ3) is 2.44. The summed E-state index contributed by atoms with van der Waals surface area (Å²) >= 11 is 0. The van der Waals surface area contributed by atoms with Gasteiger partial charge < -0.3 is 9.47 Å². The number of rotatable bonds is 3. The first-order valence-electron chi connectivity index (χ1n) is 7.16. The number of hydrazone groups is 1. The Balaban J connectivity index is 1.50. The summed E-state index contributed by atoms with van der Waals surface area (Å²) in [6.07, 6.45) is 1.86. The van der Waals surface area contributed by atoms with Crippen molar-refractivity contribution >= 4 is 11.4 Å². The molecule has 0 saturated carbocycles. The Morgan fingerprint density at radius 1 is 1.00 bits per heavy atom. The largest absolute Gasteiger partial charge is 0.454 e. The van der Waals surface area contributed by atoms with E-state index >= 15 is 0 Å². The number of hydrogen-bond donors (Lipinski definition) is 0. The van der Waals surface area contributed by atoms with Gasteiger partial charge in [0.1, 0.15) is 0 Å². The molecule has 4 heteroatoms. The van der Waals surface area contributed by atoms with Crippen LogP contribution in [0, 0.1) is 0 Å². The number of anilines is 1. The van der Waals surface area contributed by atoms with Gasteiger partial charge in [0.25, 0.3) is 0 Å². The molecular weight excluding hydrogens is 264 g/mol. The van der Waals surface area contributed by atoms with Crippen molar-refractivity contribution in [1.82, 2.24) is 0 Å². The van der Waals surface area contributed by atoms with Crippen molar-refractivity contribution in [1.29, 1.82) is 0 Å². The Hall–Kier alpha value is -2.49. The van der Waals surface area contributed by atoms with Crippen LogP contribution in [0.25, 0.3) is 0 Å². The smallest absolute Gasteiger partial charge is 0.231 e. The zero-order valence-corrected chi connectivity index (χ0v) is 11.7. The zero-order chi connectivity index (χ0) is 14.1. The Morgan fingerprint density at radius 3 is 2.76 bits per heavy atom. The fourth-order valence-electron chi connectivity index (χ4n) is 2.70. The molecule has 0 aliphatic carbocycles. The number of fused-ring (bicyclic) bond motifs is 1. The van der Waals surface area contributed by atoms with Crippen LogP contribution in [0.4, 0.5) is 5.69 Å². The Kier molecular flexibility index (Phi) is 2.99. The topological polar surface area (TPSA) is 34.1 Å². The Morgan fingerprint density at radius 2 is 1.86 bits per heavy atom. The molecule has 0 amide bonds. The van der Waals surface area contributed by atoms with Gasteiger partial charge in [-0.05, 0) is 29.8 Å². The fourth-order valence-corrected chi connectivity index (χ4v) is 2.70. The quantitative estimate of drug-likeness (QED) is 0.865. The monoisotopic (exact) mass is 280 g/mol. The van der Waals surface area contributed by atoms with Gasteiger partial charge in [0.05, 0.1) is 5.69 Å². The molecule has 2 aromatic rings.